The number of nitrogens with one attached hydrogen (secondary N) is 1. The van der Waals surface area contributed by atoms with Gasteiger partial charge in [-0.05, 0) is 35.9 Å². The summed E-state index contributed by atoms with van der Waals surface area (Å²) in [5.74, 6) is -0.0519. The fourth-order valence-corrected chi connectivity index (χ4v) is 3.40. The minimum Gasteiger partial charge on any atom is -0.408 e. The Hall–Kier alpha value is -4.53. The smallest absolute Gasteiger partial charge is 0.408 e. The molecule has 158 valence electrons. The third-order valence-electron chi connectivity index (χ3n) is 4.92. The molecule has 0 bridgehead atoms. The summed E-state index contributed by atoms with van der Waals surface area (Å²) in [5.41, 5.74) is 3.20. The maximum Gasteiger partial charge on any atom is 0.420 e. The Morgan fingerprint density at radius 3 is 2.66 bits per heavy atom. The van der Waals surface area contributed by atoms with E-state index in [2.05, 4.69) is 20.4 Å². The predicted octanol–water partition coefficient (Wildman–Crippen LogP) is 3.27. The zero-order valence-electron chi connectivity index (χ0n) is 16.8. The molecule has 32 heavy (non-hydrogen) atoms. The van der Waals surface area contributed by atoms with E-state index in [4.69, 9.17) is 8.94 Å². The maximum atomic E-state index is 12.7. The Kier molecular flexibility index (Phi) is 5.04. The fourth-order valence-electron chi connectivity index (χ4n) is 3.40. The molecule has 9 heteroatoms. The molecule has 0 atom stereocenters. The minimum absolute atomic E-state index is 0.170. The van der Waals surface area contributed by atoms with Gasteiger partial charge in [-0.2, -0.15) is 4.98 Å². The van der Waals surface area contributed by atoms with Crippen LogP contribution in [0.1, 0.15) is 11.5 Å². The van der Waals surface area contributed by atoms with E-state index >= 15 is 0 Å². The van der Waals surface area contributed by atoms with E-state index in [9.17, 15) is 9.59 Å². The highest BCUT2D eigenvalue weighted by Gasteiger charge is 2.15. The van der Waals surface area contributed by atoms with Crippen LogP contribution in [-0.4, -0.2) is 25.6 Å². The first-order chi connectivity index (χ1) is 15.7. The van der Waals surface area contributed by atoms with E-state index in [1.807, 2.05) is 18.2 Å². The summed E-state index contributed by atoms with van der Waals surface area (Å²) in [6.07, 6.45) is 3.65. The number of aromatic nitrogens is 4. The summed E-state index contributed by atoms with van der Waals surface area (Å²) in [4.78, 5) is 33.2. The number of anilines is 1. The Labute approximate surface area is 181 Å². The summed E-state index contributed by atoms with van der Waals surface area (Å²) >= 11 is 0. The van der Waals surface area contributed by atoms with Gasteiger partial charge in [-0.25, -0.2) is 4.79 Å². The highest BCUT2D eigenvalue weighted by Crippen LogP contribution is 2.21. The Balaban J connectivity index is 1.34. The zero-order chi connectivity index (χ0) is 21.9. The number of para-hydroxylation sites is 3. The molecule has 1 amide bonds. The first-order valence-electron chi connectivity index (χ1n) is 9.86. The molecular weight excluding hydrogens is 410 g/mol. The number of amides is 1. The van der Waals surface area contributed by atoms with Crippen LogP contribution in [0, 0.1) is 0 Å². The number of fused-ring (bicyclic) bond motifs is 1. The van der Waals surface area contributed by atoms with E-state index in [-0.39, 0.29) is 12.5 Å². The Morgan fingerprint density at radius 1 is 1.00 bits per heavy atom. The molecule has 5 rings (SSSR count). The summed E-state index contributed by atoms with van der Waals surface area (Å²) in [6.45, 7) is -0.170. The van der Waals surface area contributed by atoms with Gasteiger partial charge in [0.2, 0.25) is 17.6 Å². The second-order valence-electron chi connectivity index (χ2n) is 7.05. The average Bonchev–Trinajstić information content (AvgIpc) is 3.40. The van der Waals surface area contributed by atoms with Gasteiger partial charge in [0.05, 0.1) is 11.9 Å². The maximum absolute atomic E-state index is 12.7. The molecule has 0 fully saturated rings. The van der Waals surface area contributed by atoms with Crippen LogP contribution in [0.2, 0.25) is 0 Å². The van der Waals surface area contributed by atoms with Crippen LogP contribution in [-0.2, 0) is 17.8 Å². The minimum atomic E-state index is -0.580. The van der Waals surface area contributed by atoms with Crippen molar-refractivity contribution < 1.29 is 13.7 Å². The molecule has 0 aliphatic rings. The number of oxazole rings is 1. The second kappa shape index (κ2) is 8.31. The molecular formula is C23H17N5O4. The van der Waals surface area contributed by atoms with E-state index in [1.54, 1.807) is 54.9 Å². The number of carbonyl (C=O) groups is 1. The summed E-state index contributed by atoms with van der Waals surface area (Å²) in [7, 11) is 0. The van der Waals surface area contributed by atoms with Crippen molar-refractivity contribution >= 4 is 22.7 Å². The van der Waals surface area contributed by atoms with E-state index < -0.39 is 5.76 Å². The van der Waals surface area contributed by atoms with Gasteiger partial charge in [-0.3, -0.25) is 14.3 Å². The highest BCUT2D eigenvalue weighted by atomic mass is 16.5. The molecule has 5 aromatic rings. The predicted molar refractivity (Wildman–Crippen MR) is 116 cm³/mol. The van der Waals surface area contributed by atoms with Crippen LogP contribution in [0.25, 0.3) is 22.5 Å². The molecule has 0 spiro atoms. The first-order valence-corrected chi connectivity index (χ1v) is 9.86. The van der Waals surface area contributed by atoms with Crippen molar-refractivity contribution in [1.29, 1.82) is 0 Å². The van der Waals surface area contributed by atoms with Gasteiger partial charge < -0.3 is 14.3 Å². The van der Waals surface area contributed by atoms with Crippen molar-refractivity contribution in [1.82, 2.24) is 19.7 Å². The molecule has 3 aromatic heterocycles. The van der Waals surface area contributed by atoms with Gasteiger partial charge >= 0.3 is 5.76 Å². The number of hydrogen-bond acceptors (Lipinski definition) is 7. The number of pyridine rings is 1. The standard InChI is InChI=1S/C23H17N5O4/c29-20(14-28-18-7-3-4-8-19(18)31-23(28)30)25-17-6-2-1-5-16(17)13-21-26-22(27-32-21)15-9-11-24-12-10-15/h1-12H,13-14H2,(H,25,29). The van der Waals surface area contributed by atoms with Gasteiger partial charge in [0, 0.05) is 23.6 Å². The Bertz CT molecular complexity index is 1450. The lowest BCUT2D eigenvalue weighted by molar-refractivity contribution is -0.116. The molecule has 3 heterocycles. The van der Waals surface area contributed by atoms with Crippen LogP contribution in [0.15, 0.2) is 86.8 Å². The number of hydrogen-bond donors (Lipinski definition) is 1. The van der Waals surface area contributed by atoms with Crippen LogP contribution in [0.3, 0.4) is 0 Å². The topological polar surface area (TPSA) is 116 Å². The van der Waals surface area contributed by atoms with Gasteiger partial charge in [0.25, 0.3) is 0 Å². The third kappa shape index (κ3) is 3.91. The lowest BCUT2D eigenvalue weighted by Gasteiger charge is -2.10. The molecule has 0 saturated carbocycles. The van der Waals surface area contributed by atoms with Crippen molar-refractivity contribution in [2.75, 3.05) is 5.32 Å². The van der Waals surface area contributed by atoms with Gasteiger partial charge in [-0.1, -0.05) is 35.5 Å². The first kappa shape index (κ1) is 19.4. The number of nitrogens with zero attached hydrogens (tertiary/aromatic N) is 4. The van der Waals surface area contributed by atoms with Crippen LogP contribution < -0.4 is 11.1 Å². The number of rotatable bonds is 6. The van der Waals surface area contributed by atoms with Crippen molar-refractivity contribution in [3.8, 4) is 11.4 Å². The lowest BCUT2D eigenvalue weighted by atomic mass is 10.1. The molecule has 9 nitrogen and oxygen atoms in total. The van der Waals surface area contributed by atoms with Crippen LogP contribution >= 0.6 is 0 Å². The Morgan fingerprint density at radius 2 is 1.78 bits per heavy atom. The van der Waals surface area contributed by atoms with Crippen molar-refractivity contribution in [2.45, 2.75) is 13.0 Å². The number of carbonyl (C=O) groups excluding carboxylic acids is 1. The zero-order valence-corrected chi connectivity index (χ0v) is 16.8. The monoisotopic (exact) mass is 427 g/mol. The van der Waals surface area contributed by atoms with Crippen molar-refractivity contribution in [3.05, 3.63) is 95.1 Å². The fraction of sp³-hybridized carbons (Fsp3) is 0.0870. The van der Waals surface area contributed by atoms with E-state index in [1.165, 1.54) is 4.57 Å². The summed E-state index contributed by atoms with van der Waals surface area (Å²) in [5, 5.41) is 6.87. The molecule has 1 N–H and O–H groups in total. The van der Waals surface area contributed by atoms with Crippen molar-refractivity contribution in [3.63, 3.8) is 0 Å². The summed E-state index contributed by atoms with van der Waals surface area (Å²) in [6, 6.07) is 17.9. The molecule has 0 unspecified atom stereocenters. The van der Waals surface area contributed by atoms with Crippen molar-refractivity contribution in [2.24, 2.45) is 0 Å². The quantitative estimate of drug-likeness (QED) is 0.442. The summed E-state index contributed by atoms with van der Waals surface area (Å²) < 4.78 is 11.9. The lowest BCUT2D eigenvalue weighted by Crippen LogP contribution is -2.25. The molecule has 0 saturated heterocycles. The van der Waals surface area contributed by atoms with E-state index in [0.717, 1.165) is 11.1 Å². The SMILES string of the molecule is O=C(Cn1c(=O)oc2ccccc21)Nc1ccccc1Cc1nc(-c2ccncc2)no1. The van der Waals surface area contributed by atoms with Crippen LogP contribution in [0.4, 0.5) is 5.69 Å². The normalized spacial score (nSPS) is 11.0. The van der Waals surface area contributed by atoms with E-state index in [0.29, 0.717) is 34.9 Å². The molecule has 0 aliphatic heterocycles. The van der Waals surface area contributed by atoms with Crippen LogP contribution in [0.5, 0.6) is 0 Å². The van der Waals surface area contributed by atoms with Gasteiger partial charge in [0.15, 0.2) is 5.58 Å². The highest BCUT2D eigenvalue weighted by molar-refractivity contribution is 5.92. The average molecular weight is 427 g/mol. The molecule has 0 radical (unpaired) electrons. The third-order valence-corrected chi connectivity index (χ3v) is 4.92. The van der Waals surface area contributed by atoms with Gasteiger partial charge in [0.1, 0.15) is 6.54 Å². The number of benzene rings is 2. The second-order valence-corrected chi connectivity index (χ2v) is 7.05. The molecule has 2 aromatic carbocycles. The van der Waals surface area contributed by atoms with Gasteiger partial charge in [-0.15, -0.1) is 0 Å². The largest absolute Gasteiger partial charge is 0.420 e. The molecule has 0 aliphatic carbocycles.